The molecule has 2 aliphatic rings. The van der Waals surface area contributed by atoms with Gasteiger partial charge < -0.3 is 24.7 Å². The van der Waals surface area contributed by atoms with Gasteiger partial charge in [-0.3, -0.25) is 14.5 Å². The smallest absolute Gasteiger partial charge is 0.246 e. The summed E-state index contributed by atoms with van der Waals surface area (Å²) in [5, 5.41) is 19.0. The number of carbonyl (C=O) groups excluding carboxylic acids is 2. The minimum atomic E-state index is -0.230. The minimum absolute atomic E-state index is 0.0868. The highest BCUT2D eigenvalue weighted by Crippen LogP contribution is 2.26. The number of amides is 2. The van der Waals surface area contributed by atoms with Crippen LogP contribution in [0.5, 0.6) is 5.75 Å². The lowest BCUT2D eigenvalue weighted by molar-refractivity contribution is -0.132. The summed E-state index contributed by atoms with van der Waals surface area (Å²) in [7, 11) is 1.50. The van der Waals surface area contributed by atoms with Crippen molar-refractivity contribution in [1.82, 2.24) is 14.7 Å². The molecule has 0 spiro atoms. The second-order valence-corrected chi connectivity index (χ2v) is 7.70. The van der Waals surface area contributed by atoms with Crippen molar-refractivity contribution in [3.8, 4) is 5.75 Å². The number of carbonyl (C=O) groups is 2. The number of hydrogen-bond donors (Lipinski definition) is 2. The van der Waals surface area contributed by atoms with E-state index in [1.807, 2.05) is 4.90 Å². The maximum absolute atomic E-state index is 12.6. The molecule has 2 amide bonds. The maximum Gasteiger partial charge on any atom is 0.246 e. The van der Waals surface area contributed by atoms with E-state index in [4.69, 9.17) is 4.74 Å². The van der Waals surface area contributed by atoms with Crippen LogP contribution in [0.3, 0.4) is 0 Å². The maximum atomic E-state index is 12.6. The zero-order valence-electron chi connectivity index (χ0n) is 17.5. The predicted octanol–water partition coefficient (Wildman–Crippen LogP) is 0.460. The summed E-state index contributed by atoms with van der Waals surface area (Å²) in [6.45, 7) is 4.26. The van der Waals surface area contributed by atoms with E-state index < -0.39 is 0 Å². The molecule has 8 nitrogen and oxygen atoms in total. The van der Waals surface area contributed by atoms with Gasteiger partial charge in [-0.05, 0) is 42.2 Å². The first-order valence-electron chi connectivity index (χ1n) is 10.4. The zero-order valence-corrected chi connectivity index (χ0v) is 17.5. The lowest BCUT2D eigenvalue weighted by atomic mass is 10.0. The molecule has 0 unspecified atom stereocenters. The van der Waals surface area contributed by atoms with Crippen molar-refractivity contribution in [3.63, 3.8) is 0 Å². The molecule has 164 valence electrons. The molecule has 2 fully saturated rings. The van der Waals surface area contributed by atoms with E-state index in [9.17, 15) is 19.8 Å². The summed E-state index contributed by atoms with van der Waals surface area (Å²) < 4.78 is 5.29. The van der Waals surface area contributed by atoms with E-state index in [0.717, 1.165) is 31.5 Å². The van der Waals surface area contributed by atoms with Gasteiger partial charge in [0, 0.05) is 50.9 Å². The van der Waals surface area contributed by atoms with Gasteiger partial charge in [-0.25, -0.2) is 0 Å². The molecular formula is C22H31N3O5. The van der Waals surface area contributed by atoms with Gasteiger partial charge in [-0.2, -0.15) is 0 Å². The number of nitrogens with zero attached hydrogens (tertiary/aromatic N) is 3. The molecule has 0 aliphatic carbocycles. The average Bonchev–Trinajstić information content (AvgIpc) is 3.32. The molecule has 1 aromatic carbocycles. The van der Waals surface area contributed by atoms with E-state index in [1.165, 1.54) is 13.2 Å². The molecule has 2 heterocycles. The highest BCUT2D eigenvalue weighted by molar-refractivity contribution is 5.92. The van der Waals surface area contributed by atoms with Gasteiger partial charge in [0.2, 0.25) is 11.8 Å². The topological polar surface area (TPSA) is 93.6 Å². The molecule has 30 heavy (non-hydrogen) atoms. The quantitative estimate of drug-likeness (QED) is 0.626. The van der Waals surface area contributed by atoms with Gasteiger partial charge >= 0.3 is 0 Å². The van der Waals surface area contributed by atoms with Crippen LogP contribution in [0.4, 0.5) is 0 Å². The van der Waals surface area contributed by atoms with Gasteiger partial charge in [-0.1, -0.05) is 0 Å². The van der Waals surface area contributed by atoms with Crippen LogP contribution in [0.15, 0.2) is 18.2 Å². The fourth-order valence-corrected chi connectivity index (χ4v) is 3.98. The summed E-state index contributed by atoms with van der Waals surface area (Å²) in [4.78, 5) is 30.7. The number of rotatable bonds is 7. The van der Waals surface area contributed by atoms with Crippen molar-refractivity contribution in [1.29, 1.82) is 0 Å². The first-order chi connectivity index (χ1) is 14.5. The van der Waals surface area contributed by atoms with Crippen molar-refractivity contribution < 1.29 is 24.5 Å². The molecule has 3 rings (SSSR count). The van der Waals surface area contributed by atoms with E-state index in [0.29, 0.717) is 49.6 Å². The second-order valence-electron chi connectivity index (χ2n) is 7.70. The largest absolute Gasteiger partial charge is 0.496 e. The Hall–Kier alpha value is -2.42. The van der Waals surface area contributed by atoms with Crippen LogP contribution in [0.25, 0.3) is 6.08 Å². The Morgan fingerprint density at radius 1 is 1.00 bits per heavy atom. The molecule has 1 aromatic rings. The molecule has 2 saturated heterocycles. The third-order valence-electron chi connectivity index (χ3n) is 5.79. The van der Waals surface area contributed by atoms with E-state index in [-0.39, 0.29) is 25.0 Å². The molecule has 0 radical (unpaired) electrons. The molecule has 0 saturated carbocycles. The minimum Gasteiger partial charge on any atom is -0.496 e. The molecule has 2 N–H and O–H groups in total. The van der Waals surface area contributed by atoms with Crippen LogP contribution in [-0.2, 0) is 22.8 Å². The van der Waals surface area contributed by atoms with Crippen LogP contribution in [0.1, 0.15) is 29.5 Å². The Labute approximate surface area is 177 Å². The summed E-state index contributed by atoms with van der Waals surface area (Å²) >= 11 is 0. The zero-order chi connectivity index (χ0) is 21.5. The Kier molecular flexibility index (Phi) is 7.84. The Morgan fingerprint density at radius 2 is 1.70 bits per heavy atom. The SMILES string of the molecule is COc1cc(C=CC(=O)N2CCN(CC(=O)N3CCCC3)CC2)cc(CO)c1CO. The highest BCUT2D eigenvalue weighted by Gasteiger charge is 2.24. The number of likely N-dealkylation sites (tertiary alicyclic amines) is 1. The first-order valence-corrected chi connectivity index (χ1v) is 10.4. The van der Waals surface area contributed by atoms with E-state index >= 15 is 0 Å². The fourth-order valence-electron chi connectivity index (χ4n) is 3.98. The van der Waals surface area contributed by atoms with Crippen molar-refractivity contribution in [3.05, 3.63) is 34.9 Å². The number of ether oxygens (including phenoxy) is 1. The van der Waals surface area contributed by atoms with Crippen LogP contribution in [0, 0.1) is 0 Å². The molecule has 0 bridgehead atoms. The molecular weight excluding hydrogens is 386 g/mol. The van der Waals surface area contributed by atoms with Crippen LogP contribution in [-0.4, -0.2) is 89.7 Å². The van der Waals surface area contributed by atoms with E-state index in [2.05, 4.69) is 4.90 Å². The Bertz CT molecular complexity index is 756. The fraction of sp³-hybridized carbons (Fsp3) is 0.545. The summed E-state index contributed by atoms with van der Waals surface area (Å²) in [5.41, 5.74) is 1.83. The summed E-state index contributed by atoms with van der Waals surface area (Å²) in [6.07, 6.45) is 5.39. The summed E-state index contributed by atoms with van der Waals surface area (Å²) in [5.74, 6) is 0.579. The Balaban J connectivity index is 1.54. The monoisotopic (exact) mass is 417 g/mol. The third kappa shape index (κ3) is 5.38. The van der Waals surface area contributed by atoms with Crippen LogP contribution in [0.2, 0.25) is 0 Å². The van der Waals surface area contributed by atoms with Gasteiger partial charge in [-0.15, -0.1) is 0 Å². The van der Waals surface area contributed by atoms with Crippen molar-refractivity contribution in [2.75, 3.05) is 52.9 Å². The van der Waals surface area contributed by atoms with Crippen molar-refractivity contribution in [2.24, 2.45) is 0 Å². The standard InChI is InChI=1S/C22H31N3O5/c1-30-20-13-17(12-18(15-26)19(20)16-27)4-5-21(28)25-10-8-23(9-11-25)14-22(29)24-6-2-3-7-24/h4-5,12-13,26-27H,2-3,6-11,14-16H2,1H3. The number of piperazine rings is 1. The number of aliphatic hydroxyl groups excluding tert-OH is 2. The number of aliphatic hydroxyl groups is 2. The molecule has 0 aromatic heterocycles. The number of benzene rings is 1. The van der Waals surface area contributed by atoms with Crippen LogP contribution >= 0.6 is 0 Å². The molecule has 2 aliphatic heterocycles. The average molecular weight is 418 g/mol. The molecule has 8 heteroatoms. The second kappa shape index (κ2) is 10.6. The van der Waals surface area contributed by atoms with Gasteiger partial charge in [0.1, 0.15) is 5.75 Å². The van der Waals surface area contributed by atoms with Gasteiger partial charge in [0.15, 0.2) is 0 Å². The third-order valence-corrected chi connectivity index (χ3v) is 5.79. The molecule has 0 atom stereocenters. The normalized spacial score (nSPS) is 17.7. The van der Waals surface area contributed by atoms with Crippen molar-refractivity contribution in [2.45, 2.75) is 26.1 Å². The van der Waals surface area contributed by atoms with Gasteiger partial charge in [0.05, 0.1) is 26.9 Å². The lowest BCUT2D eigenvalue weighted by Gasteiger charge is -2.34. The van der Waals surface area contributed by atoms with E-state index in [1.54, 1.807) is 23.1 Å². The van der Waals surface area contributed by atoms with Gasteiger partial charge in [0.25, 0.3) is 0 Å². The van der Waals surface area contributed by atoms with Crippen LogP contribution < -0.4 is 4.74 Å². The van der Waals surface area contributed by atoms with Crippen molar-refractivity contribution >= 4 is 17.9 Å². The summed E-state index contributed by atoms with van der Waals surface area (Å²) in [6, 6.07) is 3.47. The predicted molar refractivity (Wildman–Crippen MR) is 113 cm³/mol. The first kappa shape index (κ1) is 22.3. The highest BCUT2D eigenvalue weighted by atomic mass is 16.5. The number of hydrogen-bond acceptors (Lipinski definition) is 6. The number of methoxy groups -OCH3 is 1. The lowest BCUT2D eigenvalue weighted by Crippen LogP contribution is -2.51. The Morgan fingerprint density at radius 3 is 2.30 bits per heavy atom.